The van der Waals surface area contributed by atoms with Crippen molar-refractivity contribution < 1.29 is 4.79 Å². The predicted octanol–water partition coefficient (Wildman–Crippen LogP) is 0.416. The molecule has 0 fully saturated rings. The number of tetrazole rings is 1. The molecule has 8 nitrogen and oxygen atoms in total. The predicted molar refractivity (Wildman–Crippen MR) is 69.7 cm³/mol. The summed E-state index contributed by atoms with van der Waals surface area (Å²) in [7, 11) is 0. The van der Waals surface area contributed by atoms with Gasteiger partial charge < -0.3 is 0 Å². The van der Waals surface area contributed by atoms with Gasteiger partial charge in [-0.2, -0.15) is 10.4 Å². The quantitative estimate of drug-likeness (QED) is 0.639. The monoisotopic (exact) mass is 269 g/mol. The number of carbonyl (C=O) groups is 1. The molecule has 0 radical (unpaired) electrons. The van der Waals surface area contributed by atoms with Crippen molar-refractivity contribution >= 4 is 11.6 Å². The minimum absolute atomic E-state index is 0.213. The molecule has 0 aliphatic heterocycles. The zero-order valence-corrected chi connectivity index (χ0v) is 10.7. The van der Waals surface area contributed by atoms with Crippen LogP contribution in [-0.4, -0.2) is 31.8 Å². The van der Waals surface area contributed by atoms with Crippen molar-refractivity contribution in [3.8, 4) is 11.8 Å². The van der Waals surface area contributed by atoms with Crippen LogP contribution in [0, 0.1) is 11.3 Å². The van der Waals surface area contributed by atoms with Crippen LogP contribution in [0.25, 0.3) is 5.69 Å². The van der Waals surface area contributed by atoms with Crippen LogP contribution in [0.15, 0.2) is 35.7 Å². The highest BCUT2D eigenvalue weighted by molar-refractivity contribution is 5.99. The standard InChI is InChI=1S/C12H11N7O/c1-9(15-16-12(20)6-7-13)10-2-4-11(5-3-10)19-8-14-17-18-19/h2-5,8H,6H2,1H3,(H,16,20). The van der Waals surface area contributed by atoms with Crippen molar-refractivity contribution in [3.63, 3.8) is 0 Å². The fraction of sp³-hybridized carbons (Fsp3) is 0.167. The average molecular weight is 269 g/mol. The third-order valence-electron chi connectivity index (χ3n) is 2.49. The van der Waals surface area contributed by atoms with Crippen molar-refractivity contribution in [1.82, 2.24) is 25.6 Å². The Morgan fingerprint density at radius 2 is 2.20 bits per heavy atom. The lowest BCUT2D eigenvalue weighted by Crippen LogP contribution is -2.18. The molecular formula is C12H11N7O. The van der Waals surface area contributed by atoms with Crippen molar-refractivity contribution in [2.75, 3.05) is 0 Å². The zero-order chi connectivity index (χ0) is 14.4. The van der Waals surface area contributed by atoms with E-state index in [1.54, 1.807) is 13.0 Å². The second kappa shape index (κ2) is 6.19. The number of nitrogens with zero attached hydrogens (tertiary/aromatic N) is 6. The zero-order valence-electron chi connectivity index (χ0n) is 10.7. The van der Waals surface area contributed by atoms with Crippen LogP contribution in [0.4, 0.5) is 0 Å². The topological polar surface area (TPSA) is 109 Å². The van der Waals surface area contributed by atoms with Crippen LogP contribution >= 0.6 is 0 Å². The summed E-state index contributed by atoms with van der Waals surface area (Å²) in [4.78, 5) is 11.1. The number of benzene rings is 1. The van der Waals surface area contributed by atoms with Gasteiger partial charge in [0, 0.05) is 0 Å². The number of carbonyl (C=O) groups excluding carboxylic acids is 1. The second-order valence-corrected chi connectivity index (χ2v) is 3.87. The number of hydrogen-bond donors (Lipinski definition) is 1. The van der Waals surface area contributed by atoms with Crippen LogP contribution in [0.1, 0.15) is 18.9 Å². The third kappa shape index (κ3) is 3.23. The highest BCUT2D eigenvalue weighted by atomic mass is 16.2. The van der Waals surface area contributed by atoms with E-state index >= 15 is 0 Å². The molecule has 1 N–H and O–H groups in total. The van der Waals surface area contributed by atoms with E-state index in [1.165, 1.54) is 11.0 Å². The first-order valence-electron chi connectivity index (χ1n) is 5.74. The molecule has 2 aromatic rings. The van der Waals surface area contributed by atoms with E-state index in [2.05, 4.69) is 26.1 Å². The minimum Gasteiger partial charge on any atom is -0.272 e. The van der Waals surface area contributed by atoms with Gasteiger partial charge in [0.15, 0.2) is 0 Å². The molecule has 0 aliphatic carbocycles. The lowest BCUT2D eigenvalue weighted by Gasteiger charge is -2.03. The van der Waals surface area contributed by atoms with Crippen LogP contribution in [0.2, 0.25) is 0 Å². The number of amides is 1. The Kier molecular flexibility index (Phi) is 4.14. The molecule has 8 heteroatoms. The Morgan fingerprint density at radius 1 is 1.45 bits per heavy atom. The molecule has 0 unspecified atom stereocenters. The van der Waals surface area contributed by atoms with Crippen molar-refractivity contribution in [1.29, 1.82) is 5.26 Å². The molecule has 0 saturated heterocycles. The molecule has 1 heterocycles. The van der Waals surface area contributed by atoms with Gasteiger partial charge in [0.05, 0.1) is 17.5 Å². The molecule has 0 spiro atoms. The lowest BCUT2D eigenvalue weighted by atomic mass is 10.1. The largest absolute Gasteiger partial charge is 0.272 e. The lowest BCUT2D eigenvalue weighted by molar-refractivity contribution is -0.120. The van der Waals surface area contributed by atoms with Crippen molar-refractivity contribution in [3.05, 3.63) is 36.2 Å². The van der Waals surface area contributed by atoms with E-state index in [4.69, 9.17) is 5.26 Å². The third-order valence-corrected chi connectivity index (χ3v) is 2.49. The van der Waals surface area contributed by atoms with Gasteiger partial charge in [0.1, 0.15) is 12.7 Å². The van der Waals surface area contributed by atoms with Gasteiger partial charge >= 0.3 is 0 Å². The highest BCUT2D eigenvalue weighted by Gasteiger charge is 2.02. The van der Waals surface area contributed by atoms with E-state index in [1.807, 2.05) is 24.3 Å². The Hall–Kier alpha value is -3.08. The van der Waals surface area contributed by atoms with Crippen LogP contribution in [0.3, 0.4) is 0 Å². The Bertz CT molecular complexity index is 652. The number of nitriles is 1. The molecule has 1 aromatic heterocycles. The first kappa shape index (κ1) is 13.4. The van der Waals surface area contributed by atoms with E-state index < -0.39 is 5.91 Å². The second-order valence-electron chi connectivity index (χ2n) is 3.87. The molecule has 0 saturated carbocycles. The first-order chi connectivity index (χ1) is 9.70. The van der Waals surface area contributed by atoms with Gasteiger partial charge in [0.2, 0.25) is 0 Å². The van der Waals surface area contributed by atoms with Crippen molar-refractivity contribution in [2.24, 2.45) is 5.10 Å². The summed E-state index contributed by atoms with van der Waals surface area (Å²) in [5.41, 5.74) is 4.62. The van der Waals surface area contributed by atoms with Crippen LogP contribution in [0.5, 0.6) is 0 Å². The number of rotatable bonds is 4. The summed E-state index contributed by atoms with van der Waals surface area (Å²) in [6.07, 6.45) is 1.28. The summed E-state index contributed by atoms with van der Waals surface area (Å²) >= 11 is 0. The number of hydrogen-bond acceptors (Lipinski definition) is 6. The number of nitrogens with one attached hydrogen (secondary N) is 1. The molecule has 1 aromatic carbocycles. The molecule has 0 atom stereocenters. The van der Waals surface area contributed by atoms with Gasteiger partial charge in [-0.3, -0.25) is 4.79 Å². The first-order valence-corrected chi connectivity index (χ1v) is 5.74. The van der Waals surface area contributed by atoms with Gasteiger partial charge in [0.25, 0.3) is 5.91 Å². The van der Waals surface area contributed by atoms with Gasteiger partial charge in [-0.05, 0) is 35.0 Å². The highest BCUT2D eigenvalue weighted by Crippen LogP contribution is 2.08. The van der Waals surface area contributed by atoms with E-state index in [0.29, 0.717) is 5.71 Å². The summed E-state index contributed by atoms with van der Waals surface area (Å²) in [5, 5.41) is 23.2. The maximum Gasteiger partial charge on any atom is 0.254 e. The van der Waals surface area contributed by atoms with Gasteiger partial charge in [-0.15, -0.1) is 5.10 Å². The smallest absolute Gasteiger partial charge is 0.254 e. The average Bonchev–Trinajstić information content (AvgIpc) is 2.99. The summed E-state index contributed by atoms with van der Waals surface area (Å²) in [6.45, 7) is 1.76. The SMILES string of the molecule is CC(=NNC(=O)CC#N)c1ccc(-n2cnnn2)cc1. The maximum absolute atomic E-state index is 11.1. The van der Waals surface area contributed by atoms with Gasteiger partial charge in [-0.1, -0.05) is 12.1 Å². The Morgan fingerprint density at radius 3 is 2.80 bits per heavy atom. The number of aromatic nitrogens is 4. The maximum atomic E-state index is 11.1. The normalized spacial score (nSPS) is 10.9. The number of hydrazone groups is 1. The fourth-order valence-corrected chi connectivity index (χ4v) is 1.46. The van der Waals surface area contributed by atoms with E-state index in [0.717, 1.165) is 11.3 Å². The van der Waals surface area contributed by atoms with Crippen LogP contribution in [-0.2, 0) is 4.79 Å². The Labute approximate surface area is 114 Å². The molecule has 0 aliphatic rings. The van der Waals surface area contributed by atoms with Crippen LogP contribution < -0.4 is 5.43 Å². The molecule has 20 heavy (non-hydrogen) atoms. The summed E-state index contributed by atoms with van der Waals surface area (Å²) in [5.74, 6) is -0.433. The molecular weight excluding hydrogens is 258 g/mol. The van der Waals surface area contributed by atoms with Crippen molar-refractivity contribution in [2.45, 2.75) is 13.3 Å². The van der Waals surface area contributed by atoms with Gasteiger partial charge in [-0.25, -0.2) is 10.1 Å². The summed E-state index contributed by atoms with van der Waals surface area (Å²) < 4.78 is 1.53. The molecule has 100 valence electrons. The molecule has 0 bridgehead atoms. The Balaban J connectivity index is 2.08. The minimum atomic E-state index is -0.433. The van der Waals surface area contributed by atoms with E-state index in [-0.39, 0.29) is 6.42 Å². The summed E-state index contributed by atoms with van der Waals surface area (Å²) in [6, 6.07) is 9.10. The molecule has 1 amide bonds. The van der Waals surface area contributed by atoms with E-state index in [9.17, 15) is 4.79 Å². The molecule has 2 rings (SSSR count). The fourth-order valence-electron chi connectivity index (χ4n) is 1.46.